The second-order valence-electron chi connectivity index (χ2n) is 4.29. The highest BCUT2D eigenvalue weighted by atomic mass is 16.2. The number of hydrogen-bond donors (Lipinski definition) is 1. The number of carbonyl (C=O) groups excluding carboxylic acids is 1. The van der Waals surface area contributed by atoms with Crippen LogP contribution in [-0.4, -0.2) is 37.5 Å². The van der Waals surface area contributed by atoms with Gasteiger partial charge in [-0.2, -0.15) is 0 Å². The maximum absolute atomic E-state index is 11.7. The van der Waals surface area contributed by atoms with Crippen LogP contribution >= 0.6 is 0 Å². The summed E-state index contributed by atoms with van der Waals surface area (Å²) in [6, 6.07) is 0. The van der Waals surface area contributed by atoms with Crippen molar-refractivity contribution in [1.29, 1.82) is 0 Å². The summed E-state index contributed by atoms with van der Waals surface area (Å²) in [6.07, 6.45) is 4.12. The van der Waals surface area contributed by atoms with E-state index in [-0.39, 0.29) is 0 Å². The van der Waals surface area contributed by atoms with Crippen molar-refractivity contribution in [2.45, 2.75) is 32.6 Å². The van der Waals surface area contributed by atoms with Crippen LogP contribution in [0.1, 0.15) is 32.6 Å². The zero-order chi connectivity index (χ0) is 10.4. The number of likely N-dealkylation sites (tertiary alicyclic amines) is 1. The zero-order valence-electron chi connectivity index (χ0n) is 9.38. The predicted octanol–water partition coefficient (Wildman–Crippen LogP) is 1.24. The molecule has 0 spiro atoms. The van der Waals surface area contributed by atoms with Gasteiger partial charge in [0.2, 0.25) is 5.91 Å². The van der Waals surface area contributed by atoms with Crippen LogP contribution in [0.4, 0.5) is 0 Å². The van der Waals surface area contributed by atoms with E-state index in [1.807, 2.05) is 11.9 Å². The highest BCUT2D eigenvalue weighted by Crippen LogP contribution is 2.16. The zero-order valence-corrected chi connectivity index (χ0v) is 9.38. The number of nitrogens with zero attached hydrogens (tertiary/aromatic N) is 1. The Morgan fingerprint density at radius 3 is 3.00 bits per heavy atom. The van der Waals surface area contributed by atoms with Gasteiger partial charge < -0.3 is 10.2 Å². The molecule has 1 aliphatic rings. The van der Waals surface area contributed by atoms with Crippen LogP contribution in [0.15, 0.2) is 0 Å². The molecule has 0 bridgehead atoms. The molecule has 1 unspecified atom stereocenters. The van der Waals surface area contributed by atoms with Crippen molar-refractivity contribution >= 4 is 5.91 Å². The topological polar surface area (TPSA) is 32.3 Å². The first-order valence-electron chi connectivity index (χ1n) is 5.66. The smallest absolute Gasteiger partial charge is 0.222 e. The monoisotopic (exact) mass is 198 g/mol. The van der Waals surface area contributed by atoms with Crippen molar-refractivity contribution in [2.24, 2.45) is 5.92 Å². The third-order valence-corrected chi connectivity index (χ3v) is 2.83. The quantitative estimate of drug-likeness (QED) is 0.689. The van der Waals surface area contributed by atoms with Crippen molar-refractivity contribution in [3.8, 4) is 0 Å². The van der Waals surface area contributed by atoms with Gasteiger partial charge in [-0.1, -0.05) is 6.92 Å². The molecule has 1 rings (SSSR count). The van der Waals surface area contributed by atoms with Gasteiger partial charge in [-0.15, -0.1) is 0 Å². The molecular formula is C11H22N2O. The molecule has 0 saturated carbocycles. The second kappa shape index (κ2) is 6.02. The Labute approximate surface area is 86.9 Å². The molecule has 0 radical (unpaired) electrons. The van der Waals surface area contributed by atoms with Crippen molar-refractivity contribution < 1.29 is 4.79 Å². The van der Waals surface area contributed by atoms with E-state index in [1.54, 1.807) is 0 Å². The fraction of sp³-hybridized carbons (Fsp3) is 0.909. The molecule has 0 aromatic heterocycles. The maximum atomic E-state index is 11.7. The second-order valence-corrected chi connectivity index (χ2v) is 4.29. The van der Waals surface area contributed by atoms with Gasteiger partial charge in [-0.3, -0.25) is 4.79 Å². The molecule has 0 aromatic rings. The van der Waals surface area contributed by atoms with E-state index in [2.05, 4.69) is 12.2 Å². The Morgan fingerprint density at radius 2 is 2.36 bits per heavy atom. The van der Waals surface area contributed by atoms with Gasteiger partial charge in [0.25, 0.3) is 0 Å². The van der Waals surface area contributed by atoms with Gasteiger partial charge in [0, 0.05) is 19.5 Å². The minimum absolute atomic E-state index is 0.340. The third kappa shape index (κ3) is 3.66. The van der Waals surface area contributed by atoms with Gasteiger partial charge in [0.05, 0.1) is 0 Å². The molecule has 0 aliphatic carbocycles. The molecule has 3 heteroatoms. The van der Waals surface area contributed by atoms with Crippen LogP contribution in [0.25, 0.3) is 0 Å². The molecule has 1 atom stereocenters. The highest BCUT2D eigenvalue weighted by Gasteiger charge is 2.19. The molecule has 1 aliphatic heterocycles. The first-order valence-corrected chi connectivity index (χ1v) is 5.66. The highest BCUT2D eigenvalue weighted by molar-refractivity contribution is 5.76. The summed E-state index contributed by atoms with van der Waals surface area (Å²) < 4.78 is 0. The first kappa shape index (κ1) is 11.5. The summed E-state index contributed by atoms with van der Waals surface area (Å²) in [6.45, 7) is 5.11. The average molecular weight is 198 g/mol. The molecule has 1 heterocycles. The molecule has 1 amide bonds. The lowest BCUT2D eigenvalue weighted by Crippen LogP contribution is -2.39. The predicted molar refractivity (Wildman–Crippen MR) is 58.1 cm³/mol. The summed E-state index contributed by atoms with van der Waals surface area (Å²) >= 11 is 0. The van der Waals surface area contributed by atoms with Gasteiger partial charge in [-0.25, -0.2) is 0 Å². The van der Waals surface area contributed by atoms with Gasteiger partial charge >= 0.3 is 0 Å². The number of amides is 1. The lowest BCUT2D eigenvalue weighted by molar-refractivity contribution is -0.132. The minimum Gasteiger partial charge on any atom is -0.342 e. The maximum Gasteiger partial charge on any atom is 0.222 e. The number of nitrogens with one attached hydrogen (secondary N) is 1. The molecule has 1 N–H and O–H groups in total. The molecule has 3 nitrogen and oxygen atoms in total. The van der Waals surface area contributed by atoms with Crippen LogP contribution in [-0.2, 0) is 4.79 Å². The van der Waals surface area contributed by atoms with Crippen molar-refractivity contribution in [3.63, 3.8) is 0 Å². The first-order chi connectivity index (χ1) is 6.74. The molecule has 14 heavy (non-hydrogen) atoms. The Bertz CT molecular complexity index is 182. The summed E-state index contributed by atoms with van der Waals surface area (Å²) in [5.74, 6) is 1.03. The van der Waals surface area contributed by atoms with E-state index in [0.29, 0.717) is 18.2 Å². The molecule has 1 saturated heterocycles. The van der Waals surface area contributed by atoms with Gasteiger partial charge in [0.1, 0.15) is 0 Å². The largest absolute Gasteiger partial charge is 0.342 e. The molecule has 1 fully saturated rings. The normalized spacial score (nSPS) is 22.4. The lowest BCUT2D eigenvalue weighted by Gasteiger charge is -2.31. The number of rotatable bonds is 4. The molecule has 0 aromatic carbocycles. The van der Waals surface area contributed by atoms with Gasteiger partial charge in [-0.05, 0) is 38.8 Å². The van der Waals surface area contributed by atoms with Crippen molar-refractivity contribution in [2.75, 3.05) is 26.7 Å². The van der Waals surface area contributed by atoms with Crippen LogP contribution in [0.2, 0.25) is 0 Å². The Morgan fingerprint density at radius 1 is 1.57 bits per heavy atom. The summed E-state index contributed by atoms with van der Waals surface area (Å²) in [5.41, 5.74) is 0. The van der Waals surface area contributed by atoms with E-state index in [9.17, 15) is 4.79 Å². The van der Waals surface area contributed by atoms with E-state index in [0.717, 1.165) is 26.1 Å². The van der Waals surface area contributed by atoms with Crippen molar-refractivity contribution in [1.82, 2.24) is 10.2 Å². The van der Waals surface area contributed by atoms with E-state index < -0.39 is 0 Å². The van der Waals surface area contributed by atoms with E-state index in [4.69, 9.17) is 0 Å². The molecular weight excluding hydrogens is 176 g/mol. The van der Waals surface area contributed by atoms with Gasteiger partial charge in [0.15, 0.2) is 0 Å². The SMILES string of the molecule is CNCCCC(=O)N1CCCC(C)C1. The Balaban J connectivity index is 2.22. The minimum atomic E-state index is 0.340. The Hall–Kier alpha value is -0.570. The summed E-state index contributed by atoms with van der Waals surface area (Å²) in [4.78, 5) is 13.7. The number of piperidine rings is 1. The van der Waals surface area contributed by atoms with E-state index >= 15 is 0 Å². The third-order valence-electron chi connectivity index (χ3n) is 2.83. The average Bonchev–Trinajstić information content (AvgIpc) is 2.18. The van der Waals surface area contributed by atoms with Crippen molar-refractivity contribution in [3.05, 3.63) is 0 Å². The van der Waals surface area contributed by atoms with Crippen LogP contribution in [0.5, 0.6) is 0 Å². The summed E-state index contributed by atoms with van der Waals surface area (Å²) in [7, 11) is 1.92. The lowest BCUT2D eigenvalue weighted by atomic mass is 10.00. The van der Waals surface area contributed by atoms with Crippen LogP contribution < -0.4 is 5.32 Å². The van der Waals surface area contributed by atoms with Crippen LogP contribution in [0, 0.1) is 5.92 Å². The fourth-order valence-corrected chi connectivity index (χ4v) is 1.99. The standard InChI is InChI=1S/C11H22N2O/c1-10-5-4-8-13(9-10)11(14)6-3-7-12-2/h10,12H,3-9H2,1-2H3. The van der Waals surface area contributed by atoms with Crippen LogP contribution in [0.3, 0.4) is 0 Å². The summed E-state index contributed by atoms with van der Waals surface area (Å²) in [5, 5.41) is 3.06. The fourth-order valence-electron chi connectivity index (χ4n) is 1.99. The van der Waals surface area contributed by atoms with E-state index in [1.165, 1.54) is 12.8 Å². The number of hydrogen-bond acceptors (Lipinski definition) is 2. The Kier molecular flexibility index (Phi) is 4.94. The number of carbonyl (C=O) groups is 1. The molecule has 82 valence electrons.